The maximum absolute atomic E-state index is 12.7. The molecule has 0 aliphatic heterocycles. The van der Waals surface area contributed by atoms with Gasteiger partial charge >= 0.3 is 6.18 Å². The minimum absolute atomic E-state index is 0.175. The molecule has 0 radical (unpaired) electrons. The van der Waals surface area contributed by atoms with Gasteiger partial charge in [0, 0.05) is 18.6 Å². The molecule has 0 saturated carbocycles. The number of hydrogen-bond acceptors (Lipinski definition) is 5. The largest absolute Gasteiger partial charge is 0.417 e. The van der Waals surface area contributed by atoms with Gasteiger partial charge in [0.1, 0.15) is 0 Å². The second-order valence-electron chi connectivity index (χ2n) is 4.25. The summed E-state index contributed by atoms with van der Waals surface area (Å²) in [6, 6.07) is 2.22. The first kappa shape index (κ1) is 16.1. The molecule has 0 aliphatic carbocycles. The highest BCUT2D eigenvalue weighted by Crippen LogP contribution is 2.30. The molecule has 2 rings (SSSR count). The summed E-state index contributed by atoms with van der Waals surface area (Å²) in [5.41, 5.74) is -0.448. The van der Waals surface area contributed by atoms with Gasteiger partial charge < -0.3 is 9.84 Å². The molecule has 2 aromatic rings. The zero-order valence-electron chi connectivity index (χ0n) is 11.2. The van der Waals surface area contributed by atoms with Gasteiger partial charge in [0.15, 0.2) is 10.8 Å². The number of aliphatic hydroxyl groups excluding tert-OH is 1. The zero-order valence-corrected chi connectivity index (χ0v) is 12.0. The number of aliphatic hydroxyl groups is 1. The Bertz CT molecular complexity index is 603. The lowest BCUT2D eigenvalue weighted by Gasteiger charge is -2.10. The molecule has 0 spiro atoms. The highest BCUT2D eigenvalue weighted by molar-refractivity contribution is 7.99. The summed E-state index contributed by atoms with van der Waals surface area (Å²) in [6.45, 7) is 2.48. The van der Waals surface area contributed by atoms with E-state index >= 15 is 0 Å². The third kappa shape index (κ3) is 4.08. The molecule has 21 heavy (non-hydrogen) atoms. The van der Waals surface area contributed by atoms with Crippen molar-refractivity contribution < 1.29 is 23.0 Å². The molecule has 1 N–H and O–H groups in total. The number of alkyl halides is 3. The first-order valence-electron chi connectivity index (χ1n) is 6.22. The van der Waals surface area contributed by atoms with Gasteiger partial charge in [-0.15, -0.1) is 10.2 Å². The number of ether oxygens (including phenoxy) is 1. The maximum atomic E-state index is 12.7. The Balaban J connectivity index is 2.13. The lowest BCUT2D eigenvalue weighted by atomic mass is 10.3. The van der Waals surface area contributed by atoms with Crippen LogP contribution in [0.25, 0.3) is 5.65 Å². The molecule has 0 bridgehead atoms. The summed E-state index contributed by atoms with van der Waals surface area (Å²) < 4.78 is 44.4. The minimum atomic E-state index is -4.42. The van der Waals surface area contributed by atoms with E-state index in [2.05, 4.69) is 10.2 Å². The lowest BCUT2D eigenvalue weighted by Crippen LogP contribution is -2.18. The number of fused-ring (bicyclic) bond motifs is 1. The van der Waals surface area contributed by atoms with Crippen molar-refractivity contribution in [3.8, 4) is 0 Å². The molecule has 0 saturated heterocycles. The predicted octanol–water partition coefficient (Wildman–Crippen LogP) is 2.24. The van der Waals surface area contributed by atoms with Gasteiger partial charge in [0.2, 0.25) is 0 Å². The fourth-order valence-corrected chi connectivity index (χ4v) is 2.43. The van der Waals surface area contributed by atoms with E-state index in [9.17, 15) is 18.3 Å². The Morgan fingerprint density at radius 2 is 2.14 bits per heavy atom. The number of halogens is 3. The Hall–Kier alpha value is -1.32. The molecule has 0 aromatic carbocycles. The van der Waals surface area contributed by atoms with Crippen LogP contribution in [0.4, 0.5) is 13.2 Å². The van der Waals surface area contributed by atoms with E-state index in [-0.39, 0.29) is 12.4 Å². The summed E-state index contributed by atoms with van der Waals surface area (Å²) in [5.74, 6) is 0.261. The Labute approximate surface area is 123 Å². The third-order valence-corrected chi connectivity index (χ3v) is 3.71. The summed E-state index contributed by atoms with van der Waals surface area (Å²) in [5, 5.41) is 17.6. The molecule has 0 unspecified atom stereocenters. The van der Waals surface area contributed by atoms with Gasteiger partial charge in [0.25, 0.3) is 0 Å². The molecule has 2 aromatic heterocycles. The fourth-order valence-electron chi connectivity index (χ4n) is 1.61. The number of rotatable bonds is 6. The van der Waals surface area contributed by atoms with E-state index in [0.29, 0.717) is 17.4 Å². The van der Waals surface area contributed by atoms with Crippen LogP contribution in [0.3, 0.4) is 0 Å². The quantitative estimate of drug-likeness (QED) is 0.827. The van der Waals surface area contributed by atoms with Crippen LogP contribution in [-0.2, 0) is 10.9 Å². The van der Waals surface area contributed by atoms with Gasteiger partial charge in [0.05, 0.1) is 18.3 Å². The first-order chi connectivity index (χ1) is 9.91. The first-order valence-corrected chi connectivity index (χ1v) is 7.21. The van der Waals surface area contributed by atoms with Crippen LogP contribution in [0, 0.1) is 0 Å². The van der Waals surface area contributed by atoms with Crippen LogP contribution in [0.1, 0.15) is 12.5 Å². The smallest absolute Gasteiger partial charge is 0.390 e. The van der Waals surface area contributed by atoms with E-state index < -0.39 is 17.8 Å². The molecular weight excluding hydrogens is 307 g/mol. The molecule has 9 heteroatoms. The van der Waals surface area contributed by atoms with E-state index in [1.54, 1.807) is 0 Å². The number of hydrogen-bond donors (Lipinski definition) is 1. The van der Waals surface area contributed by atoms with Crippen molar-refractivity contribution in [2.75, 3.05) is 19.0 Å². The van der Waals surface area contributed by atoms with Crippen molar-refractivity contribution in [1.82, 2.24) is 14.6 Å². The fraction of sp³-hybridized carbons (Fsp3) is 0.500. The van der Waals surface area contributed by atoms with Crippen molar-refractivity contribution in [3.63, 3.8) is 0 Å². The van der Waals surface area contributed by atoms with Crippen LogP contribution in [0.15, 0.2) is 23.5 Å². The van der Waals surface area contributed by atoms with E-state index in [1.807, 2.05) is 6.92 Å². The van der Waals surface area contributed by atoms with Crippen molar-refractivity contribution in [3.05, 3.63) is 23.9 Å². The number of thioether (sulfide) groups is 1. The second kappa shape index (κ2) is 6.63. The summed E-state index contributed by atoms with van der Waals surface area (Å²) in [6.07, 6.45) is -4.19. The molecule has 0 amide bonds. The van der Waals surface area contributed by atoms with Crippen molar-refractivity contribution >= 4 is 17.4 Å². The van der Waals surface area contributed by atoms with E-state index in [4.69, 9.17) is 4.74 Å². The summed E-state index contributed by atoms with van der Waals surface area (Å²) in [4.78, 5) is 0. The van der Waals surface area contributed by atoms with Crippen molar-refractivity contribution in [2.45, 2.75) is 24.4 Å². The normalized spacial score (nSPS) is 13.8. The number of pyridine rings is 1. The van der Waals surface area contributed by atoms with Crippen LogP contribution >= 0.6 is 11.8 Å². The summed E-state index contributed by atoms with van der Waals surface area (Å²) in [7, 11) is 0. The van der Waals surface area contributed by atoms with Crippen LogP contribution in [-0.4, -0.2) is 44.8 Å². The number of aromatic nitrogens is 3. The van der Waals surface area contributed by atoms with Gasteiger partial charge in [-0.1, -0.05) is 11.8 Å². The van der Waals surface area contributed by atoms with Gasteiger partial charge in [-0.25, -0.2) is 0 Å². The maximum Gasteiger partial charge on any atom is 0.417 e. The highest BCUT2D eigenvalue weighted by atomic mass is 32.2. The van der Waals surface area contributed by atoms with Crippen molar-refractivity contribution in [2.24, 2.45) is 0 Å². The Kier molecular flexibility index (Phi) is 5.07. The molecular formula is C12H14F3N3O2S. The van der Waals surface area contributed by atoms with Gasteiger partial charge in [-0.3, -0.25) is 4.40 Å². The molecule has 5 nitrogen and oxygen atoms in total. The van der Waals surface area contributed by atoms with Crippen LogP contribution in [0.5, 0.6) is 0 Å². The van der Waals surface area contributed by atoms with E-state index in [1.165, 1.54) is 10.5 Å². The monoisotopic (exact) mass is 321 g/mol. The van der Waals surface area contributed by atoms with Gasteiger partial charge in [-0.05, 0) is 19.1 Å². The second-order valence-corrected chi connectivity index (χ2v) is 5.24. The lowest BCUT2D eigenvalue weighted by molar-refractivity contribution is -0.137. The SMILES string of the molecule is CCOC[C@@H](O)CSc1nnc2ccc(C(F)(F)F)cn12. The minimum Gasteiger partial charge on any atom is -0.390 e. The number of nitrogens with zero attached hydrogens (tertiary/aromatic N) is 3. The highest BCUT2D eigenvalue weighted by Gasteiger charge is 2.31. The van der Waals surface area contributed by atoms with E-state index in [0.717, 1.165) is 24.0 Å². The molecule has 116 valence electrons. The third-order valence-electron chi connectivity index (χ3n) is 2.62. The van der Waals surface area contributed by atoms with Crippen LogP contribution in [0.2, 0.25) is 0 Å². The molecule has 0 aliphatic rings. The standard InChI is InChI=1S/C12H14F3N3O2S/c1-2-20-6-9(19)7-21-11-17-16-10-4-3-8(5-18(10)11)12(13,14)15/h3-5,9,19H,2,6-7H2,1H3/t9-/m1/s1. The molecule has 0 fully saturated rings. The molecule has 2 heterocycles. The summed E-state index contributed by atoms with van der Waals surface area (Å²) >= 11 is 1.13. The van der Waals surface area contributed by atoms with Crippen molar-refractivity contribution in [1.29, 1.82) is 0 Å². The zero-order chi connectivity index (χ0) is 15.5. The Morgan fingerprint density at radius 3 is 2.81 bits per heavy atom. The topological polar surface area (TPSA) is 59.7 Å². The predicted molar refractivity (Wildman–Crippen MR) is 71.2 cm³/mol. The molecule has 1 atom stereocenters. The van der Waals surface area contributed by atoms with Crippen LogP contribution < -0.4 is 0 Å². The van der Waals surface area contributed by atoms with Gasteiger partial charge in [-0.2, -0.15) is 13.2 Å². The average Bonchev–Trinajstić information content (AvgIpc) is 2.84. The average molecular weight is 321 g/mol. The Morgan fingerprint density at radius 1 is 1.38 bits per heavy atom.